The second-order valence-electron chi connectivity index (χ2n) is 3.95. The maximum Gasteiger partial charge on any atom is 0.245 e. The summed E-state index contributed by atoms with van der Waals surface area (Å²) in [5.41, 5.74) is -0.134. The number of nitrogens with zero attached hydrogens (tertiary/aromatic N) is 4. The van der Waals surface area contributed by atoms with E-state index in [9.17, 15) is 8.42 Å². The second kappa shape index (κ2) is 6.28. The molecule has 1 unspecified atom stereocenters. The Hall–Kier alpha value is -1.96. The van der Waals surface area contributed by atoms with Gasteiger partial charge in [-0.05, 0) is 19.1 Å². The Labute approximate surface area is 113 Å². The smallest absolute Gasteiger partial charge is 0.244 e. The van der Waals surface area contributed by atoms with Crippen molar-refractivity contribution in [2.45, 2.75) is 18.7 Å². The van der Waals surface area contributed by atoms with Crippen LogP contribution in [0.1, 0.15) is 19.5 Å². The first kappa shape index (κ1) is 15.1. The van der Waals surface area contributed by atoms with Gasteiger partial charge in [0.05, 0.1) is 12.0 Å². The van der Waals surface area contributed by atoms with Crippen molar-refractivity contribution in [2.24, 2.45) is 5.92 Å². The quantitative estimate of drug-likeness (QED) is 0.803. The van der Waals surface area contributed by atoms with Gasteiger partial charge in [0.2, 0.25) is 10.0 Å². The molecule has 7 heteroatoms. The Balaban J connectivity index is 3.23. The number of rotatable bonds is 5. The molecule has 6 nitrogen and oxygen atoms in total. The molecule has 0 aliphatic rings. The minimum atomic E-state index is -3.80. The average Bonchev–Trinajstić information content (AvgIpc) is 2.43. The highest BCUT2D eigenvalue weighted by Gasteiger charge is 2.27. The highest BCUT2D eigenvalue weighted by Crippen LogP contribution is 2.18. The van der Waals surface area contributed by atoms with Gasteiger partial charge in [-0.2, -0.15) is 14.8 Å². The summed E-state index contributed by atoms with van der Waals surface area (Å²) in [5.74, 6) is -0.420. The van der Waals surface area contributed by atoms with E-state index in [0.717, 1.165) is 0 Å². The monoisotopic (exact) mass is 278 g/mol. The van der Waals surface area contributed by atoms with Gasteiger partial charge in [-0.1, -0.05) is 6.92 Å². The van der Waals surface area contributed by atoms with Crippen molar-refractivity contribution in [3.63, 3.8) is 0 Å². The van der Waals surface area contributed by atoms with E-state index >= 15 is 0 Å². The van der Waals surface area contributed by atoms with Crippen LogP contribution >= 0.6 is 0 Å². The molecule has 0 radical (unpaired) electrons. The molecule has 1 heterocycles. The molecule has 0 spiro atoms. The molecule has 0 saturated carbocycles. The molecule has 19 heavy (non-hydrogen) atoms. The molecule has 0 saturated heterocycles. The van der Waals surface area contributed by atoms with E-state index in [0.29, 0.717) is 0 Å². The second-order valence-corrected chi connectivity index (χ2v) is 5.85. The molecular formula is C12H14N4O2S. The number of aromatic nitrogens is 1. The summed E-state index contributed by atoms with van der Waals surface area (Å²) < 4.78 is 26.0. The fraction of sp³-hybridized carbons (Fsp3) is 0.417. The van der Waals surface area contributed by atoms with E-state index in [2.05, 4.69) is 4.98 Å². The summed E-state index contributed by atoms with van der Waals surface area (Å²) >= 11 is 0. The van der Waals surface area contributed by atoms with Crippen LogP contribution in [0.4, 0.5) is 0 Å². The predicted octanol–water partition coefficient (Wildman–Crippen LogP) is 1.12. The predicted molar refractivity (Wildman–Crippen MR) is 68.2 cm³/mol. The molecule has 1 aromatic rings. The van der Waals surface area contributed by atoms with Crippen molar-refractivity contribution in [3.05, 3.63) is 24.0 Å². The zero-order valence-corrected chi connectivity index (χ0v) is 11.6. The van der Waals surface area contributed by atoms with Crippen molar-refractivity contribution in [2.75, 3.05) is 13.1 Å². The Kier molecular flexibility index (Phi) is 4.99. The van der Waals surface area contributed by atoms with E-state index in [1.54, 1.807) is 19.9 Å². The molecule has 0 aromatic carbocycles. The lowest BCUT2D eigenvalue weighted by molar-refractivity contribution is 0.399. The van der Waals surface area contributed by atoms with Crippen molar-refractivity contribution in [3.8, 4) is 12.1 Å². The van der Waals surface area contributed by atoms with Crippen molar-refractivity contribution in [1.29, 1.82) is 10.5 Å². The van der Waals surface area contributed by atoms with Crippen LogP contribution in [0, 0.1) is 28.6 Å². The number of pyridine rings is 1. The SMILES string of the molecule is CCN(CC(C)C#N)S(=O)(=O)c1cccnc1C#N. The fourth-order valence-corrected chi connectivity index (χ4v) is 3.20. The van der Waals surface area contributed by atoms with Gasteiger partial charge in [0.1, 0.15) is 11.0 Å². The molecule has 1 atom stereocenters. The summed E-state index contributed by atoms with van der Waals surface area (Å²) in [7, 11) is -3.80. The lowest BCUT2D eigenvalue weighted by Crippen LogP contribution is -2.34. The van der Waals surface area contributed by atoms with Gasteiger partial charge >= 0.3 is 0 Å². The summed E-state index contributed by atoms with van der Waals surface area (Å²) in [5, 5.41) is 17.7. The normalized spacial score (nSPS) is 12.7. The molecular weight excluding hydrogens is 264 g/mol. The van der Waals surface area contributed by atoms with Crippen LogP contribution in [0.15, 0.2) is 23.2 Å². The maximum atomic E-state index is 12.4. The Morgan fingerprint density at radius 1 is 1.47 bits per heavy atom. The largest absolute Gasteiger partial charge is 0.245 e. The van der Waals surface area contributed by atoms with Crippen LogP contribution in [0.5, 0.6) is 0 Å². The van der Waals surface area contributed by atoms with Gasteiger partial charge in [0, 0.05) is 19.3 Å². The zero-order valence-electron chi connectivity index (χ0n) is 10.7. The Bertz CT molecular complexity index is 628. The molecule has 0 bridgehead atoms. The lowest BCUT2D eigenvalue weighted by Gasteiger charge is -2.21. The van der Waals surface area contributed by atoms with Gasteiger partial charge in [-0.3, -0.25) is 0 Å². The van der Waals surface area contributed by atoms with Crippen LogP contribution in [0.3, 0.4) is 0 Å². The highest BCUT2D eigenvalue weighted by molar-refractivity contribution is 7.89. The van der Waals surface area contributed by atoms with E-state index in [-0.39, 0.29) is 23.7 Å². The topological polar surface area (TPSA) is 97.8 Å². The summed E-state index contributed by atoms with van der Waals surface area (Å²) in [6.45, 7) is 3.65. The summed E-state index contributed by atoms with van der Waals surface area (Å²) in [6, 6.07) is 6.58. The molecule has 0 fully saturated rings. The average molecular weight is 278 g/mol. The third kappa shape index (κ3) is 3.28. The third-order valence-electron chi connectivity index (χ3n) is 2.55. The van der Waals surface area contributed by atoms with Crippen LogP contribution < -0.4 is 0 Å². The van der Waals surface area contributed by atoms with Gasteiger partial charge < -0.3 is 0 Å². The van der Waals surface area contributed by atoms with E-state index < -0.39 is 15.9 Å². The molecule has 100 valence electrons. The number of hydrogen-bond donors (Lipinski definition) is 0. The van der Waals surface area contributed by atoms with E-state index in [4.69, 9.17) is 10.5 Å². The number of hydrogen-bond acceptors (Lipinski definition) is 5. The van der Waals surface area contributed by atoms with Gasteiger partial charge in [-0.25, -0.2) is 13.4 Å². The molecule has 0 N–H and O–H groups in total. The maximum absolute atomic E-state index is 12.4. The summed E-state index contributed by atoms with van der Waals surface area (Å²) in [4.78, 5) is 3.63. The first-order valence-electron chi connectivity index (χ1n) is 5.72. The van der Waals surface area contributed by atoms with Crippen molar-refractivity contribution < 1.29 is 8.42 Å². The fourth-order valence-electron chi connectivity index (χ4n) is 1.57. The van der Waals surface area contributed by atoms with E-state index in [1.165, 1.54) is 22.6 Å². The number of nitriles is 2. The van der Waals surface area contributed by atoms with Crippen LogP contribution in [0.25, 0.3) is 0 Å². The molecule has 0 aliphatic heterocycles. The van der Waals surface area contributed by atoms with Crippen molar-refractivity contribution in [1.82, 2.24) is 9.29 Å². The highest BCUT2D eigenvalue weighted by atomic mass is 32.2. The molecule has 0 aliphatic carbocycles. The Morgan fingerprint density at radius 3 is 2.68 bits per heavy atom. The summed E-state index contributed by atoms with van der Waals surface area (Å²) in [6.07, 6.45) is 1.37. The van der Waals surface area contributed by atoms with Gasteiger partial charge in [-0.15, -0.1) is 0 Å². The van der Waals surface area contributed by atoms with Crippen LogP contribution in [-0.4, -0.2) is 30.8 Å². The van der Waals surface area contributed by atoms with Gasteiger partial charge in [0.25, 0.3) is 0 Å². The first-order chi connectivity index (χ1) is 8.97. The van der Waals surface area contributed by atoms with Gasteiger partial charge in [0.15, 0.2) is 5.69 Å². The Morgan fingerprint density at radius 2 is 2.16 bits per heavy atom. The number of sulfonamides is 1. The first-order valence-corrected chi connectivity index (χ1v) is 7.16. The minimum absolute atomic E-state index is 0.0924. The molecule has 0 amide bonds. The standard InChI is InChI=1S/C12H14N4O2S/c1-3-16(9-10(2)7-13)19(17,18)12-5-4-6-15-11(12)8-14/h4-6,10H,3,9H2,1-2H3. The minimum Gasteiger partial charge on any atom is -0.244 e. The van der Waals surface area contributed by atoms with Crippen molar-refractivity contribution >= 4 is 10.0 Å². The van der Waals surface area contributed by atoms with Crippen LogP contribution in [0.2, 0.25) is 0 Å². The third-order valence-corrected chi connectivity index (χ3v) is 4.52. The van der Waals surface area contributed by atoms with E-state index in [1.807, 2.05) is 6.07 Å². The lowest BCUT2D eigenvalue weighted by atomic mass is 10.2. The molecule has 1 rings (SSSR count). The zero-order chi connectivity index (χ0) is 14.5. The molecule has 1 aromatic heterocycles. The van der Waals surface area contributed by atoms with Crippen LogP contribution in [-0.2, 0) is 10.0 Å².